The van der Waals surface area contributed by atoms with Gasteiger partial charge in [0.2, 0.25) is 11.8 Å². The third kappa shape index (κ3) is 6.60. The molecule has 23 heavy (non-hydrogen) atoms. The van der Waals surface area contributed by atoms with Crippen molar-refractivity contribution < 1.29 is 9.59 Å². The maximum absolute atomic E-state index is 11.9. The van der Waals surface area contributed by atoms with Crippen LogP contribution in [0.4, 0.5) is 5.69 Å². The smallest absolute Gasteiger partial charge is 0.244 e. The number of carbonyl (C=O) groups excluding carboxylic acids is 2. The van der Waals surface area contributed by atoms with Gasteiger partial charge in [-0.2, -0.15) is 0 Å². The molecule has 1 aliphatic heterocycles. The van der Waals surface area contributed by atoms with Crippen molar-refractivity contribution >= 4 is 29.3 Å². The normalized spacial score (nSPS) is 16.1. The summed E-state index contributed by atoms with van der Waals surface area (Å²) in [7, 11) is 2.07. The number of rotatable bonds is 6. The highest BCUT2D eigenvalue weighted by atomic mass is 32.2. The standard InChI is InChI=1S/C16H24N4O2S/c1-13-4-3-5-14(10-13)17-15(21)11-23-12-16(22)18-20-8-6-19(2)7-9-20/h3-5,10H,6-9,11-12H2,1-2H3,(H,17,21)(H,18,22). The Hall–Kier alpha value is -1.57. The minimum absolute atomic E-state index is 0.0529. The van der Waals surface area contributed by atoms with Gasteiger partial charge in [0.05, 0.1) is 11.5 Å². The van der Waals surface area contributed by atoms with Crippen LogP contribution < -0.4 is 10.7 Å². The monoisotopic (exact) mass is 336 g/mol. The summed E-state index contributed by atoms with van der Waals surface area (Å²) in [4.78, 5) is 25.9. The second kappa shape index (κ2) is 8.90. The molecule has 0 spiro atoms. The number of aryl methyl sites for hydroxylation is 1. The number of benzene rings is 1. The van der Waals surface area contributed by atoms with Crippen molar-refractivity contribution in [2.75, 3.05) is 50.0 Å². The number of nitrogens with one attached hydrogen (secondary N) is 2. The van der Waals surface area contributed by atoms with Crippen molar-refractivity contribution in [1.82, 2.24) is 15.3 Å². The summed E-state index contributed by atoms with van der Waals surface area (Å²) in [6, 6.07) is 7.66. The lowest BCUT2D eigenvalue weighted by atomic mass is 10.2. The Bertz CT molecular complexity index is 545. The summed E-state index contributed by atoms with van der Waals surface area (Å²) in [6.45, 7) is 5.55. The lowest BCUT2D eigenvalue weighted by Crippen LogP contribution is -2.53. The minimum Gasteiger partial charge on any atom is -0.325 e. The van der Waals surface area contributed by atoms with Gasteiger partial charge >= 0.3 is 0 Å². The summed E-state index contributed by atoms with van der Waals surface area (Å²) >= 11 is 1.32. The molecule has 0 saturated carbocycles. The number of amides is 2. The first kappa shape index (κ1) is 17.8. The summed E-state index contributed by atoms with van der Waals surface area (Å²) in [5.41, 5.74) is 4.77. The van der Waals surface area contributed by atoms with Crippen LogP contribution in [0, 0.1) is 6.92 Å². The van der Waals surface area contributed by atoms with Crippen LogP contribution in [0.15, 0.2) is 24.3 Å². The number of hydrazine groups is 1. The van der Waals surface area contributed by atoms with E-state index in [1.165, 1.54) is 11.8 Å². The Morgan fingerprint density at radius 3 is 2.52 bits per heavy atom. The van der Waals surface area contributed by atoms with E-state index in [0.717, 1.165) is 37.4 Å². The second-order valence-electron chi connectivity index (χ2n) is 5.74. The fourth-order valence-electron chi connectivity index (χ4n) is 2.28. The largest absolute Gasteiger partial charge is 0.325 e. The van der Waals surface area contributed by atoms with Gasteiger partial charge in [0.25, 0.3) is 0 Å². The van der Waals surface area contributed by atoms with Gasteiger partial charge in [0.15, 0.2) is 0 Å². The number of carbonyl (C=O) groups is 2. The van der Waals surface area contributed by atoms with Crippen LogP contribution >= 0.6 is 11.8 Å². The molecule has 2 rings (SSSR count). The highest BCUT2D eigenvalue weighted by Crippen LogP contribution is 2.10. The first-order chi connectivity index (χ1) is 11.0. The van der Waals surface area contributed by atoms with Crippen LogP contribution in [0.3, 0.4) is 0 Å². The van der Waals surface area contributed by atoms with Crippen molar-refractivity contribution in [2.24, 2.45) is 0 Å². The highest BCUT2D eigenvalue weighted by Gasteiger charge is 2.15. The molecule has 1 aromatic rings. The molecule has 1 aromatic carbocycles. The summed E-state index contributed by atoms with van der Waals surface area (Å²) < 4.78 is 0. The predicted octanol–water partition coefficient (Wildman–Crippen LogP) is 0.945. The molecule has 126 valence electrons. The van der Waals surface area contributed by atoms with Crippen molar-refractivity contribution in [2.45, 2.75) is 6.92 Å². The van der Waals surface area contributed by atoms with E-state index in [1.54, 1.807) is 0 Å². The van der Waals surface area contributed by atoms with E-state index in [0.29, 0.717) is 0 Å². The van der Waals surface area contributed by atoms with Gasteiger partial charge in [-0.15, -0.1) is 11.8 Å². The minimum atomic E-state index is -0.0898. The number of thioether (sulfide) groups is 1. The molecule has 0 bridgehead atoms. The molecule has 1 heterocycles. The Labute approximate surface area is 141 Å². The third-order valence-corrected chi connectivity index (χ3v) is 4.49. The number of anilines is 1. The zero-order valence-electron chi connectivity index (χ0n) is 13.7. The predicted molar refractivity (Wildman–Crippen MR) is 94.3 cm³/mol. The lowest BCUT2D eigenvalue weighted by Gasteiger charge is -2.32. The lowest BCUT2D eigenvalue weighted by molar-refractivity contribution is -0.124. The van der Waals surface area contributed by atoms with Crippen molar-refractivity contribution in [3.63, 3.8) is 0 Å². The molecular weight excluding hydrogens is 312 g/mol. The topological polar surface area (TPSA) is 64.7 Å². The average molecular weight is 336 g/mol. The van der Waals surface area contributed by atoms with E-state index >= 15 is 0 Å². The molecule has 6 nitrogen and oxygen atoms in total. The maximum Gasteiger partial charge on any atom is 0.244 e. The average Bonchev–Trinajstić information content (AvgIpc) is 2.49. The van der Waals surface area contributed by atoms with E-state index in [-0.39, 0.29) is 23.3 Å². The second-order valence-corrected chi connectivity index (χ2v) is 6.72. The van der Waals surface area contributed by atoms with Crippen LogP contribution in [0.5, 0.6) is 0 Å². The molecule has 0 radical (unpaired) electrons. The molecule has 7 heteroatoms. The van der Waals surface area contributed by atoms with Crippen LogP contribution in [-0.4, -0.2) is 66.5 Å². The number of likely N-dealkylation sites (N-methyl/N-ethyl adjacent to an activating group) is 1. The van der Waals surface area contributed by atoms with Gasteiger partial charge in [-0.05, 0) is 31.7 Å². The van der Waals surface area contributed by atoms with Gasteiger partial charge < -0.3 is 10.2 Å². The van der Waals surface area contributed by atoms with Gasteiger partial charge in [-0.1, -0.05) is 12.1 Å². The van der Waals surface area contributed by atoms with Crippen molar-refractivity contribution in [3.05, 3.63) is 29.8 Å². The summed E-state index contributed by atoms with van der Waals surface area (Å²) in [6.07, 6.45) is 0. The molecule has 2 N–H and O–H groups in total. The first-order valence-electron chi connectivity index (χ1n) is 7.70. The molecule has 0 aromatic heterocycles. The number of hydrogen-bond donors (Lipinski definition) is 2. The summed E-state index contributed by atoms with van der Waals surface area (Å²) in [5, 5.41) is 4.78. The Kier molecular flexibility index (Phi) is 6.88. The summed E-state index contributed by atoms with van der Waals surface area (Å²) in [5.74, 6) is 0.411. The van der Waals surface area contributed by atoms with Gasteiger partial charge in [-0.3, -0.25) is 15.0 Å². The SMILES string of the molecule is Cc1cccc(NC(=O)CSCC(=O)NN2CCN(C)CC2)c1. The quantitative estimate of drug-likeness (QED) is 0.810. The first-order valence-corrected chi connectivity index (χ1v) is 8.85. The number of nitrogens with zero attached hydrogens (tertiary/aromatic N) is 2. The van der Waals surface area contributed by atoms with Gasteiger partial charge in [-0.25, -0.2) is 5.01 Å². The number of piperazine rings is 1. The van der Waals surface area contributed by atoms with E-state index in [9.17, 15) is 9.59 Å². The Morgan fingerprint density at radius 1 is 1.13 bits per heavy atom. The molecule has 1 aliphatic rings. The molecular formula is C16H24N4O2S. The van der Waals surface area contributed by atoms with E-state index in [1.807, 2.05) is 36.2 Å². The molecule has 1 fully saturated rings. The molecule has 0 aliphatic carbocycles. The Morgan fingerprint density at radius 2 is 1.83 bits per heavy atom. The van der Waals surface area contributed by atoms with E-state index in [4.69, 9.17) is 0 Å². The molecule has 0 unspecified atom stereocenters. The van der Waals surface area contributed by atoms with E-state index in [2.05, 4.69) is 22.7 Å². The van der Waals surface area contributed by atoms with Crippen molar-refractivity contribution in [3.8, 4) is 0 Å². The third-order valence-electron chi connectivity index (χ3n) is 3.55. The van der Waals surface area contributed by atoms with Crippen LogP contribution in [0.1, 0.15) is 5.56 Å². The van der Waals surface area contributed by atoms with Gasteiger partial charge in [0.1, 0.15) is 0 Å². The molecule has 0 atom stereocenters. The highest BCUT2D eigenvalue weighted by molar-refractivity contribution is 8.00. The fourth-order valence-corrected chi connectivity index (χ4v) is 2.89. The number of hydrogen-bond acceptors (Lipinski definition) is 5. The van der Waals surface area contributed by atoms with Crippen molar-refractivity contribution in [1.29, 1.82) is 0 Å². The van der Waals surface area contributed by atoms with Crippen LogP contribution in [-0.2, 0) is 9.59 Å². The van der Waals surface area contributed by atoms with E-state index < -0.39 is 0 Å². The maximum atomic E-state index is 11.9. The Balaban J connectivity index is 1.62. The molecule has 1 saturated heterocycles. The zero-order valence-corrected chi connectivity index (χ0v) is 14.5. The van der Waals surface area contributed by atoms with Crippen LogP contribution in [0.25, 0.3) is 0 Å². The molecule has 2 amide bonds. The fraction of sp³-hybridized carbons (Fsp3) is 0.500. The van der Waals surface area contributed by atoms with Crippen LogP contribution in [0.2, 0.25) is 0 Å². The zero-order chi connectivity index (χ0) is 16.7. The van der Waals surface area contributed by atoms with Gasteiger partial charge in [0, 0.05) is 31.9 Å².